The van der Waals surface area contributed by atoms with Crippen molar-refractivity contribution in [2.45, 2.75) is 26.8 Å². The summed E-state index contributed by atoms with van der Waals surface area (Å²) in [6.45, 7) is 6.77. The normalized spacial score (nSPS) is 12.0. The Bertz CT molecular complexity index is 463. The van der Waals surface area contributed by atoms with Gasteiger partial charge in [0.15, 0.2) is 0 Å². The van der Waals surface area contributed by atoms with Gasteiger partial charge in [0.05, 0.1) is 5.69 Å². The number of likely N-dealkylation sites (N-methyl/N-ethyl adjacent to an activating group) is 1. The number of nitrogens with zero attached hydrogens (tertiary/aromatic N) is 2. The van der Waals surface area contributed by atoms with Crippen LogP contribution in [0.4, 0.5) is 5.69 Å². The summed E-state index contributed by atoms with van der Waals surface area (Å²) in [5.74, 6) is -0.382. The lowest BCUT2D eigenvalue weighted by atomic mass is 10.2. The standard InChI is InChI=1S/C13H22N4O2/c1-5-17(6-2)13(19)9(3)15-12(18)11-7-10(14)8-16(11)4/h7-9H,5-6,14H2,1-4H3,(H,15,18). The Morgan fingerprint density at radius 3 is 2.42 bits per heavy atom. The smallest absolute Gasteiger partial charge is 0.268 e. The van der Waals surface area contributed by atoms with Crippen LogP contribution >= 0.6 is 0 Å². The summed E-state index contributed by atoms with van der Waals surface area (Å²) in [4.78, 5) is 25.8. The number of amides is 2. The molecule has 3 N–H and O–H groups in total. The number of hydrogen-bond donors (Lipinski definition) is 2. The van der Waals surface area contributed by atoms with E-state index in [2.05, 4.69) is 5.32 Å². The number of nitrogens with one attached hydrogen (secondary N) is 1. The second-order valence-electron chi connectivity index (χ2n) is 4.48. The number of carbonyl (C=O) groups excluding carboxylic acids is 2. The first-order valence-electron chi connectivity index (χ1n) is 6.42. The fourth-order valence-electron chi connectivity index (χ4n) is 1.96. The van der Waals surface area contributed by atoms with Gasteiger partial charge in [-0.15, -0.1) is 0 Å². The zero-order chi connectivity index (χ0) is 14.6. The van der Waals surface area contributed by atoms with E-state index >= 15 is 0 Å². The van der Waals surface area contributed by atoms with Crippen LogP contribution in [0.25, 0.3) is 0 Å². The van der Waals surface area contributed by atoms with Crippen molar-refractivity contribution in [3.05, 3.63) is 18.0 Å². The number of aromatic nitrogens is 1. The van der Waals surface area contributed by atoms with Crippen molar-refractivity contribution >= 4 is 17.5 Å². The molecule has 0 fully saturated rings. The molecule has 0 bridgehead atoms. The average Bonchev–Trinajstić information content (AvgIpc) is 2.69. The Labute approximate surface area is 113 Å². The van der Waals surface area contributed by atoms with Gasteiger partial charge in [0.1, 0.15) is 11.7 Å². The molecule has 1 rings (SSSR count). The van der Waals surface area contributed by atoms with E-state index in [4.69, 9.17) is 5.73 Å². The molecule has 6 nitrogen and oxygen atoms in total. The van der Waals surface area contributed by atoms with E-state index in [1.807, 2.05) is 13.8 Å². The lowest BCUT2D eigenvalue weighted by molar-refractivity contribution is -0.132. The second kappa shape index (κ2) is 6.26. The molecule has 1 aromatic rings. The minimum absolute atomic E-state index is 0.0828. The fourth-order valence-corrected chi connectivity index (χ4v) is 1.96. The predicted octanol–water partition coefficient (Wildman–Crippen LogP) is 0.594. The summed E-state index contributed by atoms with van der Waals surface area (Å²) in [6.07, 6.45) is 1.66. The van der Waals surface area contributed by atoms with Gasteiger partial charge in [-0.1, -0.05) is 0 Å². The molecular formula is C13H22N4O2. The minimum atomic E-state index is -0.552. The van der Waals surface area contributed by atoms with E-state index in [9.17, 15) is 9.59 Å². The van der Waals surface area contributed by atoms with Crippen LogP contribution in [0.15, 0.2) is 12.3 Å². The fraction of sp³-hybridized carbons (Fsp3) is 0.538. The maximum absolute atomic E-state index is 12.0. The molecule has 0 aromatic carbocycles. The van der Waals surface area contributed by atoms with Crippen LogP contribution in [-0.4, -0.2) is 40.4 Å². The van der Waals surface area contributed by atoms with E-state index in [1.165, 1.54) is 0 Å². The maximum atomic E-state index is 12.0. The molecule has 2 amide bonds. The highest BCUT2D eigenvalue weighted by Crippen LogP contribution is 2.08. The van der Waals surface area contributed by atoms with E-state index in [1.54, 1.807) is 35.7 Å². The van der Waals surface area contributed by atoms with Crippen LogP contribution in [0.2, 0.25) is 0 Å². The molecule has 106 valence electrons. The van der Waals surface area contributed by atoms with Gasteiger partial charge in [0.25, 0.3) is 5.91 Å². The molecule has 6 heteroatoms. The number of hydrogen-bond acceptors (Lipinski definition) is 3. The number of nitrogen functional groups attached to an aromatic ring is 1. The largest absolute Gasteiger partial charge is 0.397 e. The maximum Gasteiger partial charge on any atom is 0.268 e. The lowest BCUT2D eigenvalue weighted by Gasteiger charge is -2.23. The molecule has 1 unspecified atom stereocenters. The van der Waals surface area contributed by atoms with Crippen molar-refractivity contribution in [2.75, 3.05) is 18.8 Å². The van der Waals surface area contributed by atoms with Crippen molar-refractivity contribution in [2.24, 2.45) is 7.05 Å². The molecule has 19 heavy (non-hydrogen) atoms. The molecule has 1 atom stereocenters. The van der Waals surface area contributed by atoms with E-state index < -0.39 is 6.04 Å². The molecule has 0 saturated heterocycles. The summed E-state index contributed by atoms with van der Waals surface area (Å²) in [5.41, 5.74) is 6.59. The van der Waals surface area contributed by atoms with Gasteiger partial charge in [0.2, 0.25) is 5.91 Å². The number of nitrogens with two attached hydrogens (primary N) is 1. The SMILES string of the molecule is CCN(CC)C(=O)C(C)NC(=O)c1cc(N)cn1C. The van der Waals surface area contributed by atoms with Crippen LogP contribution in [0.5, 0.6) is 0 Å². The van der Waals surface area contributed by atoms with Gasteiger partial charge in [-0.3, -0.25) is 9.59 Å². The van der Waals surface area contributed by atoms with Gasteiger partial charge < -0.3 is 20.5 Å². The third-order valence-electron chi connectivity index (χ3n) is 3.05. The van der Waals surface area contributed by atoms with Crippen LogP contribution < -0.4 is 11.1 Å². The zero-order valence-corrected chi connectivity index (χ0v) is 11.9. The first-order valence-corrected chi connectivity index (χ1v) is 6.42. The van der Waals surface area contributed by atoms with Crippen LogP contribution in [0.1, 0.15) is 31.3 Å². The van der Waals surface area contributed by atoms with Crippen molar-refractivity contribution in [3.8, 4) is 0 Å². The summed E-state index contributed by atoms with van der Waals surface area (Å²) >= 11 is 0. The van der Waals surface area contributed by atoms with E-state index in [0.717, 1.165) is 0 Å². The quantitative estimate of drug-likeness (QED) is 0.818. The number of anilines is 1. The first-order chi connectivity index (χ1) is 8.90. The van der Waals surface area contributed by atoms with Gasteiger partial charge in [-0.05, 0) is 26.8 Å². The Morgan fingerprint density at radius 2 is 2.00 bits per heavy atom. The predicted molar refractivity (Wildman–Crippen MR) is 74.7 cm³/mol. The highest BCUT2D eigenvalue weighted by Gasteiger charge is 2.21. The number of carbonyl (C=O) groups is 2. The van der Waals surface area contributed by atoms with Crippen molar-refractivity contribution in [3.63, 3.8) is 0 Å². The molecule has 0 aliphatic carbocycles. The molecule has 0 aliphatic heterocycles. The number of aryl methyl sites for hydroxylation is 1. The molecule has 0 aliphatic rings. The lowest BCUT2D eigenvalue weighted by Crippen LogP contribution is -2.47. The minimum Gasteiger partial charge on any atom is -0.397 e. The Morgan fingerprint density at radius 1 is 1.42 bits per heavy atom. The summed E-state index contributed by atoms with van der Waals surface area (Å²) < 4.78 is 1.64. The summed E-state index contributed by atoms with van der Waals surface area (Å²) in [5, 5.41) is 2.69. The van der Waals surface area contributed by atoms with Crippen LogP contribution in [0.3, 0.4) is 0 Å². The summed E-state index contributed by atoms with van der Waals surface area (Å²) in [7, 11) is 1.74. The van der Waals surface area contributed by atoms with Crippen molar-refractivity contribution in [1.82, 2.24) is 14.8 Å². The third kappa shape index (κ3) is 3.49. The third-order valence-corrected chi connectivity index (χ3v) is 3.05. The molecule has 0 spiro atoms. The Hall–Kier alpha value is -1.98. The Kier molecular flexibility index (Phi) is 4.97. The molecule has 1 aromatic heterocycles. The van der Waals surface area contributed by atoms with Crippen LogP contribution in [-0.2, 0) is 11.8 Å². The molecule has 0 radical (unpaired) electrons. The monoisotopic (exact) mass is 266 g/mol. The van der Waals surface area contributed by atoms with E-state index in [0.29, 0.717) is 24.5 Å². The van der Waals surface area contributed by atoms with Crippen LogP contribution in [0, 0.1) is 0 Å². The highest BCUT2D eigenvalue weighted by atomic mass is 16.2. The Balaban J connectivity index is 2.71. The highest BCUT2D eigenvalue weighted by molar-refractivity contribution is 5.97. The van der Waals surface area contributed by atoms with Crippen molar-refractivity contribution in [1.29, 1.82) is 0 Å². The topological polar surface area (TPSA) is 80.4 Å². The molecular weight excluding hydrogens is 244 g/mol. The second-order valence-corrected chi connectivity index (χ2v) is 4.48. The summed E-state index contributed by atoms with van der Waals surface area (Å²) in [6, 6.07) is 1.03. The van der Waals surface area contributed by atoms with E-state index in [-0.39, 0.29) is 11.8 Å². The number of rotatable bonds is 5. The molecule has 1 heterocycles. The van der Waals surface area contributed by atoms with Gasteiger partial charge in [-0.2, -0.15) is 0 Å². The molecule has 0 saturated carbocycles. The van der Waals surface area contributed by atoms with Crippen molar-refractivity contribution < 1.29 is 9.59 Å². The first kappa shape index (κ1) is 15.1. The average molecular weight is 266 g/mol. The van der Waals surface area contributed by atoms with Gasteiger partial charge >= 0.3 is 0 Å². The zero-order valence-electron chi connectivity index (χ0n) is 11.9. The van der Waals surface area contributed by atoms with Gasteiger partial charge in [0, 0.05) is 26.3 Å². The van der Waals surface area contributed by atoms with Gasteiger partial charge in [-0.25, -0.2) is 0 Å².